The number of pyridine rings is 1. The van der Waals surface area contributed by atoms with Crippen LogP contribution in [0.15, 0.2) is 41.1 Å². The van der Waals surface area contributed by atoms with Gasteiger partial charge in [0.25, 0.3) is 0 Å². The number of anilines is 1. The molecule has 0 atom stereocenters. The Morgan fingerprint density at radius 3 is 2.86 bits per heavy atom. The molecular weight excluding hydrogens is 293 g/mol. The molecular formula is C15H11ClFN3O. The van der Waals surface area contributed by atoms with Crippen molar-refractivity contribution in [1.82, 2.24) is 10.1 Å². The smallest absolute Gasteiger partial charge is 0.177 e. The van der Waals surface area contributed by atoms with Gasteiger partial charge in [0.15, 0.2) is 11.6 Å². The lowest BCUT2D eigenvalue weighted by atomic mass is 10.0. The van der Waals surface area contributed by atoms with Crippen LogP contribution in [-0.4, -0.2) is 10.1 Å². The van der Waals surface area contributed by atoms with E-state index in [0.717, 1.165) is 11.3 Å². The van der Waals surface area contributed by atoms with Crippen molar-refractivity contribution in [1.29, 1.82) is 0 Å². The summed E-state index contributed by atoms with van der Waals surface area (Å²) >= 11 is 5.83. The average molecular weight is 304 g/mol. The number of hydrogen-bond donors (Lipinski definition) is 1. The number of aromatic nitrogens is 2. The zero-order valence-electron chi connectivity index (χ0n) is 11.1. The number of hydrogen-bond acceptors (Lipinski definition) is 4. The predicted molar refractivity (Wildman–Crippen MR) is 79.3 cm³/mol. The first-order valence-corrected chi connectivity index (χ1v) is 6.58. The van der Waals surface area contributed by atoms with E-state index in [1.807, 2.05) is 13.0 Å². The van der Waals surface area contributed by atoms with Crippen LogP contribution in [0.2, 0.25) is 5.02 Å². The zero-order valence-corrected chi connectivity index (χ0v) is 11.9. The molecule has 2 aromatic heterocycles. The summed E-state index contributed by atoms with van der Waals surface area (Å²) in [4.78, 5) is 4.12. The Labute approximate surface area is 125 Å². The van der Waals surface area contributed by atoms with Crippen LogP contribution in [0.5, 0.6) is 0 Å². The number of nitrogens with two attached hydrogens (primary N) is 1. The van der Waals surface area contributed by atoms with Gasteiger partial charge in [0, 0.05) is 23.0 Å². The van der Waals surface area contributed by atoms with Crippen molar-refractivity contribution in [2.24, 2.45) is 0 Å². The molecule has 1 aromatic carbocycles. The van der Waals surface area contributed by atoms with Crippen LogP contribution in [0.4, 0.5) is 10.2 Å². The van der Waals surface area contributed by atoms with Gasteiger partial charge in [0.2, 0.25) is 0 Å². The van der Waals surface area contributed by atoms with Gasteiger partial charge in [-0.05, 0) is 25.1 Å². The molecule has 0 aliphatic carbocycles. The van der Waals surface area contributed by atoms with Crippen LogP contribution >= 0.6 is 11.6 Å². The van der Waals surface area contributed by atoms with Crippen molar-refractivity contribution in [2.75, 3.05) is 5.73 Å². The zero-order chi connectivity index (χ0) is 15.0. The molecule has 4 nitrogen and oxygen atoms in total. The highest BCUT2D eigenvalue weighted by Gasteiger charge is 2.21. The summed E-state index contributed by atoms with van der Waals surface area (Å²) in [7, 11) is 0. The standard InChI is InChI=1S/C15H11ClFN3O/c1-8-7-9(5-6-19-8)14-12(15(18)20-21-14)10-3-2-4-11(16)13(10)17/h2-7H,1H3,(H2,18,20). The minimum atomic E-state index is -0.555. The Morgan fingerprint density at radius 1 is 1.29 bits per heavy atom. The number of benzene rings is 1. The van der Waals surface area contributed by atoms with E-state index in [1.54, 1.807) is 24.4 Å². The Kier molecular flexibility index (Phi) is 3.35. The Balaban J connectivity index is 2.25. The molecule has 0 amide bonds. The molecule has 2 N–H and O–H groups in total. The molecule has 0 saturated heterocycles. The Bertz CT molecular complexity index is 816. The number of nitrogens with zero attached hydrogens (tertiary/aromatic N) is 2. The van der Waals surface area contributed by atoms with E-state index in [4.69, 9.17) is 21.9 Å². The van der Waals surface area contributed by atoms with Crippen molar-refractivity contribution in [2.45, 2.75) is 6.92 Å². The van der Waals surface area contributed by atoms with Crippen LogP contribution in [-0.2, 0) is 0 Å². The molecule has 0 radical (unpaired) electrons. The second-order valence-electron chi connectivity index (χ2n) is 4.56. The third-order valence-electron chi connectivity index (χ3n) is 3.10. The lowest BCUT2D eigenvalue weighted by Crippen LogP contribution is -1.92. The summed E-state index contributed by atoms with van der Waals surface area (Å²) in [5, 5.41) is 3.76. The van der Waals surface area contributed by atoms with Crippen LogP contribution in [0, 0.1) is 12.7 Å². The van der Waals surface area contributed by atoms with E-state index >= 15 is 0 Å². The van der Waals surface area contributed by atoms with E-state index in [0.29, 0.717) is 11.3 Å². The van der Waals surface area contributed by atoms with E-state index < -0.39 is 5.82 Å². The minimum absolute atomic E-state index is 0.0185. The van der Waals surface area contributed by atoms with Gasteiger partial charge in [-0.25, -0.2) is 4.39 Å². The van der Waals surface area contributed by atoms with E-state index in [1.165, 1.54) is 6.07 Å². The largest absolute Gasteiger partial charge is 0.380 e. The second kappa shape index (κ2) is 5.18. The van der Waals surface area contributed by atoms with Gasteiger partial charge in [-0.15, -0.1) is 0 Å². The van der Waals surface area contributed by atoms with Crippen molar-refractivity contribution in [3.8, 4) is 22.5 Å². The highest BCUT2D eigenvalue weighted by Crippen LogP contribution is 2.39. The first-order valence-electron chi connectivity index (χ1n) is 6.20. The van der Waals surface area contributed by atoms with Crippen LogP contribution in [0.1, 0.15) is 5.69 Å². The third-order valence-corrected chi connectivity index (χ3v) is 3.39. The number of rotatable bonds is 2. The highest BCUT2D eigenvalue weighted by molar-refractivity contribution is 6.31. The van der Waals surface area contributed by atoms with Crippen molar-refractivity contribution < 1.29 is 8.91 Å². The fourth-order valence-electron chi connectivity index (χ4n) is 2.14. The van der Waals surface area contributed by atoms with Crippen LogP contribution < -0.4 is 5.73 Å². The molecule has 2 heterocycles. The normalized spacial score (nSPS) is 10.8. The number of aryl methyl sites for hydroxylation is 1. The molecule has 6 heteroatoms. The summed E-state index contributed by atoms with van der Waals surface area (Å²) in [6.07, 6.45) is 1.64. The van der Waals surface area contributed by atoms with Crippen LogP contribution in [0.25, 0.3) is 22.5 Å². The molecule has 0 fully saturated rings. The van der Waals surface area contributed by atoms with Gasteiger partial charge in [-0.2, -0.15) is 0 Å². The van der Waals surface area contributed by atoms with Crippen LogP contribution in [0.3, 0.4) is 0 Å². The quantitative estimate of drug-likeness (QED) is 0.774. The summed E-state index contributed by atoms with van der Waals surface area (Å²) in [5.41, 5.74) is 8.01. The van der Waals surface area contributed by atoms with Crippen molar-refractivity contribution >= 4 is 17.4 Å². The fraction of sp³-hybridized carbons (Fsp3) is 0.0667. The maximum atomic E-state index is 14.3. The molecule has 21 heavy (non-hydrogen) atoms. The highest BCUT2D eigenvalue weighted by atomic mass is 35.5. The topological polar surface area (TPSA) is 64.9 Å². The Hall–Kier alpha value is -2.40. The third kappa shape index (κ3) is 2.36. The summed E-state index contributed by atoms with van der Waals surface area (Å²) in [6.45, 7) is 1.85. The average Bonchev–Trinajstić information content (AvgIpc) is 2.84. The predicted octanol–water partition coefficient (Wildman–Crippen LogP) is 4.09. The molecule has 0 spiro atoms. The van der Waals surface area contributed by atoms with Crippen molar-refractivity contribution in [3.63, 3.8) is 0 Å². The van der Waals surface area contributed by atoms with Gasteiger partial charge in [-0.1, -0.05) is 28.9 Å². The Morgan fingerprint density at radius 2 is 2.10 bits per heavy atom. The summed E-state index contributed by atoms with van der Waals surface area (Å²) < 4.78 is 19.5. The minimum Gasteiger partial charge on any atom is -0.380 e. The monoisotopic (exact) mass is 303 g/mol. The van der Waals surface area contributed by atoms with Gasteiger partial charge in [0.1, 0.15) is 5.82 Å². The summed E-state index contributed by atoms with van der Waals surface area (Å²) in [5.74, 6) is -0.0547. The van der Waals surface area contributed by atoms with E-state index in [9.17, 15) is 4.39 Å². The molecule has 3 rings (SSSR count). The van der Waals surface area contributed by atoms with E-state index in [-0.39, 0.29) is 16.4 Å². The fourth-order valence-corrected chi connectivity index (χ4v) is 2.32. The molecule has 0 aliphatic rings. The first-order chi connectivity index (χ1) is 10.1. The van der Waals surface area contributed by atoms with Crippen molar-refractivity contribution in [3.05, 3.63) is 53.1 Å². The van der Waals surface area contributed by atoms with Gasteiger partial charge in [-0.3, -0.25) is 4.98 Å². The maximum Gasteiger partial charge on any atom is 0.177 e. The summed E-state index contributed by atoms with van der Waals surface area (Å²) in [6, 6.07) is 8.27. The van der Waals surface area contributed by atoms with E-state index in [2.05, 4.69) is 10.1 Å². The number of nitrogen functional groups attached to an aromatic ring is 1. The maximum absolute atomic E-state index is 14.3. The molecule has 0 saturated carbocycles. The van der Waals surface area contributed by atoms with Gasteiger partial charge >= 0.3 is 0 Å². The van der Waals surface area contributed by atoms with Gasteiger partial charge < -0.3 is 10.3 Å². The molecule has 0 aliphatic heterocycles. The molecule has 0 unspecified atom stereocenters. The molecule has 106 valence electrons. The lowest BCUT2D eigenvalue weighted by molar-refractivity contribution is 0.436. The lowest BCUT2D eigenvalue weighted by Gasteiger charge is -2.05. The first kappa shape index (κ1) is 13.6. The van der Waals surface area contributed by atoms with Gasteiger partial charge in [0.05, 0.1) is 10.6 Å². The second-order valence-corrected chi connectivity index (χ2v) is 4.97. The SMILES string of the molecule is Cc1cc(-c2onc(N)c2-c2cccc(Cl)c2F)ccn1. The number of halogens is 2. The molecule has 0 bridgehead atoms. The molecule has 3 aromatic rings.